The molecule has 0 saturated carbocycles. The second-order valence-corrected chi connectivity index (χ2v) is 9.00. The number of fused-ring (bicyclic) bond motifs is 1. The zero-order valence-corrected chi connectivity index (χ0v) is 20.7. The van der Waals surface area contributed by atoms with E-state index in [1.165, 1.54) is 17.2 Å². The van der Waals surface area contributed by atoms with Gasteiger partial charge in [0.1, 0.15) is 23.9 Å². The first-order chi connectivity index (χ1) is 16.9. The number of nitrogens with zero attached hydrogens (tertiary/aromatic N) is 3. The van der Waals surface area contributed by atoms with Crippen LogP contribution in [0.25, 0.3) is 0 Å². The van der Waals surface area contributed by atoms with Crippen LogP contribution in [0.4, 0.5) is 5.69 Å². The van der Waals surface area contributed by atoms with Gasteiger partial charge in [-0.15, -0.1) is 0 Å². The average molecular weight is 477 g/mol. The molecule has 35 heavy (non-hydrogen) atoms. The summed E-state index contributed by atoms with van der Waals surface area (Å²) in [5, 5.41) is 2.85. The Kier molecular flexibility index (Phi) is 7.51. The number of aromatic nitrogens is 2. The van der Waals surface area contributed by atoms with Gasteiger partial charge in [-0.05, 0) is 24.1 Å². The highest BCUT2D eigenvalue weighted by Crippen LogP contribution is 2.29. The van der Waals surface area contributed by atoms with E-state index in [-0.39, 0.29) is 23.9 Å². The van der Waals surface area contributed by atoms with Crippen LogP contribution < -0.4 is 20.3 Å². The van der Waals surface area contributed by atoms with Gasteiger partial charge in [0.05, 0.1) is 25.6 Å². The SMILES string of the molecule is COc1ccc(NC(=O)Cn2c(C(C)C)nc3c(c2=O)CCN(Cc2ccccc2)C3)c(OC)c1. The molecule has 1 aromatic heterocycles. The lowest BCUT2D eigenvalue weighted by Gasteiger charge is -2.29. The van der Waals surface area contributed by atoms with Crippen LogP contribution in [0.3, 0.4) is 0 Å². The molecule has 1 amide bonds. The van der Waals surface area contributed by atoms with E-state index in [0.717, 1.165) is 18.8 Å². The van der Waals surface area contributed by atoms with Gasteiger partial charge < -0.3 is 14.8 Å². The van der Waals surface area contributed by atoms with Crippen molar-refractivity contribution in [1.82, 2.24) is 14.5 Å². The van der Waals surface area contributed by atoms with Crippen molar-refractivity contribution < 1.29 is 14.3 Å². The van der Waals surface area contributed by atoms with Crippen molar-refractivity contribution in [3.8, 4) is 11.5 Å². The van der Waals surface area contributed by atoms with Gasteiger partial charge in [-0.1, -0.05) is 44.2 Å². The molecule has 8 nitrogen and oxygen atoms in total. The first-order valence-electron chi connectivity index (χ1n) is 11.8. The van der Waals surface area contributed by atoms with Crippen molar-refractivity contribution in [2.75, 3.05) is 26.1 Å². The van der Waals surface area contributed by atoms with E-state index >= 15 is 0 Å². The van der Waals surface area contributed by atoms with Crippen LogP contribution in [0.1, 0.15) is 42.4 Å². The Bertz CT molecular complexity index is 1250. The predicted molar refractivity (Wildman–Crippen MR) is 135 cm³/mol. The highest BCUT2D eigenvalue weighted by atomic mass is 16.5. The molecular formula is C27H32N4O4. The fourth-order valence-electron chi connectivity index (χ4n) is 4.40. The topological polar surface area (TPSA) is 85.7 Å². The minimum atomic E-state index is -0.319. The Hall–Kier alpha value is -3.65. The molecule has 0 bridgehead atoms. The molecule has 3 aromatic rings. The van der Waals surface area contributed by atoms with Gasteiger partial charge in [-0.2, -0.15) is 0 Å². The van der Waals surface area contributed by atoms with Crippen LogP contribution in [0.15, 0.2) is 53.3 Å². The number of carbonyl (C=O) groups excluding carboxylic acids is 1. The first kappa shape index (κ1) is 24.5. The number of anilines is 1. The third-order valence-electron chi connectivity index (χ3n) is 6.18. The maximum absolute atomic E-state index is 13.5. The van der Waals surface area contributed by atoms with Crippen molar-refractivity contribution in [3.63, 3.8) is 0 Å². The summed E-state index contributed by atoms with van der Waals surface area (Å²) in [5.41, 5.74) is 3.14. The second-order valence-electron chi connectivity index (χ2n) is 9.00. The molecule has 2 aromatic carbocycles. The number of rotatable bonds is 8. The monoisotopic (exact) mass is 476 g/mol. The van der Waals surface area contributed by atoms with E-state index in [2.05, 4.69) is 22.3 Å². The van der Waals surface area contributed by atoms with Gasteiger partial charge in [-0.25, -0.2) is 4.98 Å². The summed E-state index contributed by atoms with van der Waals surface area (Å²) < 4.78 is 12.1. The van der Waals surface area contributed by atoms with Gasteiger partial charge in [0, 0.05) is 37.2 Å². The summed E-state index contributed by atoms with van der Waals surface area (Å²) in [6.45, 7) is 6.06. The fraction of sp³-hybridized carbons (Fsp3) is 0.370. The number of methoxy groups -OCH3 is 2. The molecular weight excluding hydrogens is 444 g/mol. The van der Waals surface area contributed by atoms with E-state index < -0.39 is 0 Å². The number of carbonyl (C=O) groups is 1. The molecule has 0 radical (unpaired) electrons. The lowest BCUT2D eigenvalue weighted by atomic mass is 10.0. The van der Waals surface area contributed by atoms with Crippen molar-refractivity contribution in [2.45, 2.75) is 45.8 Å². The van der Waals surface area contributed by atoms with Crippen LogP contribution in [-0.4, -0.2) is 41.1 Å². The third-order valence-corrected chi connectivity index (χ3v) is 6.18. The van der Waals surface area contributed by atoms with Crippen molar-refractivity contribution >= 4 is 11.6 Å². The summed E-state index contributed by atoms with van der Waals surface area (Å²) in [4.78, 5) is 33.6. The summed E-state index contributed by atoms with van der Waals surface area (Å²) in [7, 11) is 3.09. The summed E-state index contributed by atoms with van der Waals surface area (Å²) >= 11 is 0. The molecule has 0 aliphatic carbocycles. The zero-order valence-electron chi connectivity index (χ0n) is 20.7. The molecule has 0 fully saturated rings. The lowest BCUT2D eigenvalue weighted by Crippen LogP contribution is -2.40. The summed E-state index contributed by atoms with van der Waals surface area (Å²) in [6.07, 6.45) is 0.611. The number of nitrogens with one attached hydrogen (secondary N) is 1. The molecule has 2 heterocycles. The first-order valence-corrected chi connectivity index (χ1v) is 11.8. The summed E-state index contributed by atoms with van der Waals surface area (Å²) in [6, 6.07) is 15.5. The molecule has 4 rings (SSSR count). The van der Waals surface area contributed by atoms with Crippen molar-refractivity contribution in [3.05, 3.63) is 81.5 Å². The average Bonchev–Trinajstić information content (AvgIpc) is 2.86. The highest BCUT2D eigenvalue weighted by Gasteiger charge is 2.25. The van der Waals surface area contributed by atoms with Gasteiger partial charge in [0.25, 0.3) is 5.56 Å². The number of benzene rings is 2. The van der Waals surface area contributed by atoms with Gasteiger partial charge >= 0.3 is 0 Å². The molecule has 1 aliphatic rings. The highest BCUT2D eigenvalue weighted by molar-refractivity contribution is 5.92. The fourth-order valence-corrected chi connectivity index (χ4v) is 4.40. The Labute approximate surface area is 205 Å². The van der Waals surface area contributed by atoms with Gasteiger partial charge in [0.15, 0.2) is 0 Å². The minimum Gasteiger partial charge on any atom is -0.497 e. The Morgan fingerprint density at radius 3 is 2.57 bits per heavy atom. The number of hydrogen-bond donors (Lipinski definition) is 1. The van der Waals surface area contributed by atoms with Crippen LogP contribution in [0, 0.1) is 0 Å². The molecule has 1 aliphatic heterocycles. The van der Waals surface area contributed by atoms with E-state index in [4.69, 9.17) is 14.5 Å². The molecule has 0 unspecified atom stereocenters. The van der Waals surface area contributed by atoms with Gasteiger partial charge in [0.2, 0.25) is 5.91 Å². The maximum atomic E-state index is 13.5. The Balaban J connectivity index is 1.56. The third kappa shape index (κ3) is 5.54. The Morgan fingerprint density at radius 1 is 1.11 bits per heavy atom. The molecule has 184 valence electrons. The quantitative estimate of drug-likeness (QED) is 0.535. The molecule has 0 spiro atoms. The molecule has 8 heteroatoms. The van der Waals surface area contributed by atoms with Crippen molar-refractivity contribution in [1.29, 1.82) is 0 Å². The summed E-state index contributed by atoms with van der Waals surface area (Å²) in [5.74, 6) is 1.39. The van der Waals surface area contributed by atoms with E-state index in [9.17, 15) is 9.59 Å². The van der Waals surface area contributed by atoms with Gasteiger partial charge in [-0.3, -0.25) is 19.1 Å². The molecule has 0 atom stereocenters. The van der Waals surface area contributed by atoms with E-state index in [0.29, 0.717) is 41.5 Å². The van der Waals surface area contributed by atoms with Crippen LogP contribution in [-0.2, 0) is 30.8 Å². The van der Waals surface area contributed by atoms with E-state index in [1.807, 2.05) is 32.0 Å². The molecule has 1 N–H and O–H groups in total. The standard InChI is InChI=1S/C27H32N4O4/c1-18(2)26-29-23-16-30(15-19-8-6-5-7-9-19)13-12-21(23)27(33)31(26)17-25(32)28-22-11-10-20(34-3)14-24(22)35-4/h5-11,14,18H,12-13,15-17H2,1-4H3,(H,28,32). The van der Waals surface area contributed by atoms with E-state index in [1.54, 1.807) is 25.3 Å². The molecule has 0 saturated heterocycles. The Morgan fingerprint density at radius 2 is 1.89 bits per heavy atom. The normalized spacial score (nSPS) is 13.4. The zero-order chi connectivity index (χ0) is 24.9. The van der Waals surface area contributed by atoms with Crippen LogP contribution in [0.2, 0.25) is 0 Å². The second kappa shape index (κ2) is 10.7. The maximum Gasteiger partial charge on any atom is 0.257 e. The smallest absolute Gasteiger partial charge is 0.257 e. The largest absolute Gasteiger partial charge is 0.497 e. The van der Waals surface area contributed by atoms with Crippen LogP contribution >= 0.6 is 0 Å². The number of ether oxygens (including phenoxy) is 2. The lowest BCUT2D eigenvalue weighted by molar-refractivity contribution is -0.116. The minimum absolute atomic E-state index is 0.0131. The predicted octanol–water partition coefficient (Wildman–Crippen LogP) is 3.58. The number of amides is 1. The van der Waals surface area contributed by atoms with Crippen molar-refractivity contribution in [2.24, 2.45) is 0 Å². The number of hydrogen-bond acceptors (Lipinski definition) is 6. The van der Waals surface area contributed by atoms with Crippen LogP contribution in [0.5, 0.6) is 11.5 Å².